The first kappa shape index (κ1) is 18.4. The summed E-state index contributed by atoms with van der Waals surface area (Å²) in [4.78, 5) is 3.60. The molecule has 0 aromatic heterocycles. The van der Waals surface area contributed by atoms with Crippen LogP contribution in [0.1, 0.15) is 34.1 Å². The first-order chi connectivity index (χ1) is 11.4. The molecule has 126 valence electrons. The molecular weight excluding hydrogens is 310 g/mol. The molecule has 0 aliphatic carbocycles. The molecule has 0 aliphatic heterocycles. The van der Waals surface area contributed by atoms with E-state index in [9.17, 15) is 0 Å². The zero-order valence-corrected chi connectivity index (χ0v) is 16.1. The molecule has 2 nitrogen and oxygen atoms in total. The van der Waals surface area contributed by atoms with Crippen molar-refractivity contribution in [3.05, 3.63) is 72.1 Å². The number of hydrogen-bond donors (Lipinski definition) is 0. The largest absolute Gasteiger partial charge is 0.407 e. The zero-order chi connectivity index (χ0) is 17.6. The van der Waals surface area contributed by atoms with Crippen LogP contribution in [0, 0.1) is 6.57 Å². The van der Waals surface area contributed by atoms with Gasteiger partial charge in [-0.2, -0.15) is 0 Å². The second kappa shape index (κ2) is 7.79. The lowest BCUT2D eigenvalue weighted by atomic mass is 10.2. The third-order valence-corrected chi connectivity index (χ3v) is 9.53. The van der Waals surface area contributed by atoms with E-state index in [-0.39, 0.29) is 11.1 Å². The highest BCUT2D eigenvalue weighted by atomic mass is 28.4. The standard InChI is InChI=1S/C21H27NOSi/c1-18(22-5)16-17-23-24(21(2,3)4,19-12-8-6-9-13-19)20-14-10-7-11-15-20/h6-15,18H,16-17H2,1-4H3. The van der Waals surface area contributed by atoms with Crippen LogP contribution in [-0.4, -0.2) is 21.0 Å². The van der Waals surface area contributed by atoms with E-state index in [1.165, 1.54) is 10.4 Å². The molecule has 0 bridgehead atoms. The maximum absolute atomic E-state index is 7.17. The Morgan fingerprint density at radius 2 is 1.42 bits per heavy atom. The molecule has 0 spiro atoms. The zero-order valence-electron chi connectivity index (χ0n) is 15.1. The van der Waals surface area contributed by atoms with E-state index in [4.69, 9.17) is 11.0 Å². The lowest BCUT2D eigenvalue weighted by Crippen LogP contribution is -2.66. The number of hydrogen-bond acceptors (Lipinski definition) is 1. The molecule has 3 heteroatoms. The van der Waals surface area contributed by atoms with Crippen molar-refractivity contribution in [2.45, 2.75) is 45.2 Å². The Kier molecular flexibility index (Phi) is 5.98. The summed E-state index contributed by atoms with van der Waals surface area (Å²) in [6.07, 6.45) is 0.772. The monoisotopic (exact) mass is 337 g/mol. The molecule has 0 saturated carbocycles. The van der Waals surface area contributed by atoms with Gasteiger partial charge >= 0.3 is 0 Å². The van der Waals surface area contributed by atoms with Gasteiger partial charge in [-0.15, -0.1) is 0 Å². The van der Waals surface area contributed by atoms with Gasteiger partial charge in [-0.05, 0) is 15.4 Å². The highest BCUT2D eigenvalue weighted by Crippen LogP contribution is 2.36. The predicted molar refractivity (Wildman–Crippen MR) is 104 cm³/mol. The van der Waals surface area contributed by atoms with Crippen molar-refractivity contribution < 1.29 is 4.43 Å². The average Bonchev–Trinajstić information content (AvgIpc) is 2.59. The summed E-state index contributed by atoms with van der Waals surface area (Å²) < 4.78 is 6.73. The fourth-order valence-corrected chi connectivity index (χ4v) is 7.79. The summed E-state index contributed by atoms with van der Waals surface area (Å²) in [5.74, 6) is 0. The van der Waals surface area contributed by atoms with Crippen LogP contribution >= 0.6 is 0 Å². The summed E-state index contributed by atoms with van der Waals surface area (Å²) in [6, 6.07) is 21.3. The van der Waals surface area contributed by atoms with Crippen LogP contribution in [0.4, 0.5) is 0 Å². The molecule has 0 saturated heterocycles. The van der Waals surface area contributed by atoms with E-state index in [2.05, 4.69) is 86.3 Å². The van der Waals surface area contributed by atoms with Gasteiger partial charge in [-0.25, -0.2) is 6.57 Å². The molecular formula is C21H27NOSi. The molecule has 2 aromatic rings. The van der Waals surface area contributed by atoms with Gasteiger partial charge in [-0.1, -0.05) is 81.4 Å². The second-order valence-corrected chi connectivity index (χ2v) is 11.6. The normalized spacial score (nSPS) is 13.3. The fourth-order valence-electron chi connectivity index (χ4n) is 3.21. The number of rotatable bonds is 6. The second-order valence-electron chi connectivity index (χ2n) is 7.28. The highest BCUT2D eigenvalue weighted by molar-refractivity contribution is 6.99. The summed E-state index contributed by atoms with van der Waals surface area (Å²) in [6.45, 7) is 16.6. The Labute approximate surface area is 147 Å². The number of benzene rings is 2. The number of nitrogens with zero attached hydrogens (tertiary/aromatic N) is 1. The summed E-state index contributed by atoms with van der Waals surface area (Å²) in [5.41, 5.74) is 0. The molecule has 2 aromatic carbocycles. The minimum Gasteiger partial charge on any atom is -0.407 e. The van der Waals surface area contributed by atoms with Crippen molar-refractivity contribution in [3.63, 3.8) is 0 Å². The Balaban J connectivity index is 2.52. The van der Waals surface area contributed by atoms with Crippen LogP contribution in [0.5, 0.6) is 0 Å². The Morgan fingerprint density at radius 1 is 0.958 bits per heavy atom. The lowest BCUT2D eigenvalue weighted by Gasteiger charge is -2.43. The van der Waals surface area contributed by atoms with Crippen molar-refractivity contribution in [3.8, 4) is 0 Å². The van der Waals surface area contributed by atoms with E-state index in [1.807, 2.05) is 6.92 Å². The SMILES string of the molecule is [C-]#[N+]C(C)CCO[Si](c1ccccc1)(c1ccccc1)C(C)(C)C. The maximum atomic E-state index is 7.17. The van der Waals surface area contributed by atoms with Gasteiger partial charge in [0.25, 0.3) is 8.32 Å². The van der Waals surface area contributed by atoms with Gasteiger partial charge in [0.05, 0.1) is 0 Å². The van der Waals surface area contributed by atoms with E-state index >= 15 is 0 Å². The van der Waals surface area contributed by atoms with Gasteiger partial charge in [0.15, 0.2) is 0 Å². The molecule has 1 unspecified atom stereocenters. The van der Waals surface area contributed by atoms with Gasteiger partial charge < -0.3 is 9.27 Å². The quantitative estimate of drug-likeness (QED) is 0.567. The summed E-state index contributed by atoms with van der Waals surface area (Å²) >= 11 is 0. The van der Waals surface area contributed by atoms with Gasteiger partial charge in [0.2, 0.25) is 6.04 Å². The van der Waals surface area contributed by atoms with Crippen LogP contribution in [0.3, 0.4) is 0 Å². The minimum atomic E-state index is -2.43. The van der Waals surface area contributed by atoms with Crippen LogP contribution in [0.2, 0.25) is 5.04 Å². The highest BCUT2D eigenvalue weighted by Gasteiger charge is 2.50. The minimum absolute atomic E-state index is 0.00292. The Morgan fingerprint density at radius 3 is 1.79 bits per heavy atom. The van der Waals surface area contributed by atoms with Crippen LogP contribution in [-0.2, 0) is 4.43 Å². The summed E-state index contributed by atoms with van der Waals surface area (Å²) in [5, 5.41) is 2.58. The van der Waals surface area contributed by atoms with Crippen molar-refractivity contribution in [2.24, 2.45) is 0 Å². The van der Waals surface area contributed by atoms with Crippen LogP contribution < -0.4 is 10.4 Å². The molecule has 1 atom stereocenters. The van der Waals surface area contributed by atoms with Crippen molar-refractivity contribution in [1.82, 2.24) is 0 Å². The van der Waals surface area contributed by atoms with E-state index < -0.39 is 8.32 Å². The van der Waals surface area contributed by atoms with Crippen molar-refractivity contribution in [2.75, 3.05) is 6.61 Å². The lowest BCUT2D eigenvalue weighted by molar-refractivity contribution is 0.288. The third-order valence-electron chi connectivity index (χ3n) is 4.49. The van der Waals surface area contributed by atoms with Gasteiger partial charge in [-0.3, -0.25) is 0 Å². The first-order valence-corrected chi connectivity index (χ1v) is 10.4. The fraction of sp³-hybridized carbons (Fsp3) is 0.381. The molecule has 0 heterocycles. The van der Waals surface area contributed by atoms with Crippen molar-refractivity contribution in [1.29, 1.82) is 0 Å². The predicted octanol–water partition coefficient (Wildman–Crippen LogP) is 4.26. The molecule has 24 heavy (non-hydrogen) atoms. The van der Waals surface area contributed by atoms with E-state index in [1.54, 1.807) is 0 Å². The maximum Gasteiger partial charge on any atom is 0.261 e. The molecule has 0 fully saturated rings. The molecule has 2 rings (SSSR count). The third kappa shape index (κ3) is 3.77. The first-order valence-electron chi connectivity index (χ1n) is 8.53. The van der Waals surface area contributed by atoms with Crippen LogP contribution in [0.15, 0.2) is 60.7 Å². The van der Waals surface area contributed by atoms with Gasteiger partial charge in [0.1, 0.15) is 0 Å². The topological polar surface area (TPSA) is 13.6 Å². The summed E-state index contributed by atoms with van der Waals surface area (Å²) in [7, 11) is -2.43. The van der Waals surface area contributed by atoms with E-state index in [0.29, 0.717) is 6.61 Å². The molecule has 0 aliphatic rings. The molecule has 0 N–H and O–H groups in total. The van der Waals surface area contributed by atoms with Crippen LogP contribution in [0.25, 0.3) is 4.85 Å². The Bertz CT molecular complexity index is 631. The smallest absolute Gasteiger partial charge is 0.261 e. The molecule has 0 radical (unpaired) electrons. The Hall–Kier alpha value is -1.89. The average molecular weight is 338 g/mol. The molecule has 0 amide bonds. The van der Waals surface area contributed by atoms with Gasteiger partial charge in [0, 0.05) is 20.0 Å². The van der Waals surface area contributed by atoms with E-state index in [0.717, 1.165) is 6.42 Å². The van der Waals surface area contributed by atoms with Crippen molar-refractivity contribution >= 4 is 18.7 Å².